The van der Waals surface area contributed by atoms with Crippen molar-refractivity contribution in [2.45, 2.75) is 31.1 Å². The molecule has 1 fully saturated rings. The molecule has 0 radical (unpaired) electrons. The van der Waals surface area contributed by atoms with Crippen molar-refractivity contribution in [2.75, 3.05) is 4.90 Å². The van der Waals surface area contributed by atoms with Crippen molar-refractivity contribution >= 4 is 48.6 Å². The second-order valence-corrected chi connectivity index (χ2v) is 17.8. The minimum Gasteiger partial charge on any atom is -0.310 e. The molecule has 1 heterocycles. The maximum Gasteiger partial charge on any atom is 0.0540 e. The van der Waals surface area contributed by atoms with Gasteiger partial charge in [-0.1, -0.05) is 183 Å². The van der Waals surface area contributed by atoms with E-state index in [1.807, 2.05) is 11.3 Å². The van der Waals surface area contributed by atoms with E-state index in [4.69, 9.17) is 0 Å². The maximum absolute atomic E-state index is 2.50. The summed E-state index contributed by atoms with van der Waals surface area (Å²) in [6.45, 7) is 0. The molecule has 0 atom stereocenters. The van der Waals surface area contributed by atoms with E-state index < -0.39 is 0 Å². The topological polar surface area (TPSA) is 3.24 Å². The molecule has 1 aromatic heterocycles. The number of fused-ring (bicyclic) bond motifs is 8. The lowest BCUT2D eigenvalue weighted by Gasteiger charge is -2.30. The van der Waals surface area contributed by atoms with Crippen molar-refractivity contribution in [1.82, 2.24) is 0 Å². The van der Waals surface area contributed by atoms with E-state index in [9.17, 15) is 0 Å². The van der Waals surface area contributed by atoms with Gasteiger partial charge in [-0.15, -0.1) is 11.3 Å². The van der Waals surface area contributed by atoms with Gasteiger partial charge in [0.25, 0.3) is 0 Å². The van der Waals surface area contributed by atoms with Gasteiger partial charge in [-0.2, -0.15) is 0 Å². The monoisotopic (exact) mass is 797 g/mol. The van der Waals surface area contributed by atoms with Crippen LogP contribution in [0.15, 0.2) is 212 Å². The third-order valence-corrected chi connectivity index (χ3v) is 14.6. The molecular formula is C59H43NS. The molecule has 12 rings (SSSR count). The lowest BCUT2D eigenvalue weighted by atomic mass is 9.77. The van der Waals surface area contributed by atoms with Gasteiger partial charge in [0.1, 0.15) is 0 Å². The molecule has 0 saturated heterocycles. The zero-order valence-electron chi connectivity index (χ0n) is 33.9. The Morgan fingerprint density at radius 2 is 0.902 bits per heavy atom. The highest BCUT2D eigenvalue weighted by atomic mass is 32.1. The fraction of sp³-hybridized carbons (Fsp3) is 0.0847. The molecule has 0 amide bonds. The summed E-state index contributed by atoms with van der Waals surface area (Å²) in [6.07, 6.45) is 5.01. The van der Waals surface area contributed by atoms with Crippen LogP contribution in [0.1, 0.15) is 36.8 Å². The van der Waals surface area contributed by atoms with Crippen molar-refractivity contribution in [3.8, 4) is 55.6 Å². The molecule has 9 aromatic carbocycles. The molecule has 10 aromatic rings. The number of hydrogen-bond donors (Lipinski definition) is 0. The first kappa shape index (κ1) is 35.9. The molecule has 0 N–H and O–H groups in total. The summed E-state index contributed by atoms with van der Waals surface area (Å²) in [4.78, 5) is 2.50. The van der Waals surface area contributed by atoms with Gasteiger partial charge in [0.2, 0.25) is 0 Å². The normalized spacial score (nSPS) is 13.8. The Balaban J connectivity index is 1.03. The van der Waals surface area contributed by atoms with Crippen molar-refractivity contribution in [2.24, 2.45) is 0 Å². The highest BCUT2D eigenvalue weighted by molar-refractivity contribution is 7.25. The minimum atomic E-state index is 0.120. The zero-order chi connectivity index (χ0) is 40.3. The number of para-hydroxylation sites is 1. The summed E-state index contributed by atoms with van der Waals surface area (Å²) < 4.78 is 2.66. The first-order valence-corrected chi connectivity index (χ1v) is 22.4. The highest BCUT2D eigenvalue weighted by Gasteiger charge is 2.45. The van der Waals surface area contributed by atoms with Gasteiger partial charge in [-0.3, -0.25) is 0 Å². The Labute approximate surface area is 361 Å². The second kappa shape index (κ2) is 14.6. The molecule has 0 bridgehead atoms. The van der Waals surface area contributed by atoms with Crippen molar-refractivity contribution in [3.63, 3.8) is 0 Å². The Bertz CT molecular complexity index is 3260. The molecule has 2 aliphatic carbocycles. The quantitative estimate of drug-likeness (QED) is 0.155. The van der Waals surface area contributed by atoms with Crippen LogP contribution in [0.4, 0.5) is 17.1 Å². The number of anilines is 3. The van der Waals surface area contributed by atoms with E-state index in [0.29, 0.717) is 0 Å². The second-order valence-electron chi connectivity index (χ2n) is 16.7. The average molecular weight is 798 g/mol. The fourth-order valence-electron chi connectivity index (χ4n) is 10.7. The largest absolute Gasteiger partial charge is 0.310 e. The fourth-order valence-corrected chi connectivity index (χ4v) is 11.8. The van der Waals surface area contributed by atoms with Crippen LogP contribution in [0, 0.1) is 0 Å². The smallest absolute Gasteiger partial charge is 0.0540 e. The van der Waals surface area contributed by atoms with Crippen molar-refractivity contribution in [3.05, 3.63) is 223 Å². The number of hydrogen-bond acceptors (Lipinski definition) is 2. The molecular weight excluding hydrogens is 755 g/mol. The Morgan fingerprint density at radius 1 is 0.344 bits per heavy atom. The molecule has 1 saturated carbocycles. The van der Waals surface area contributed by atoms with Gasteiger partial charge in [-0.25, -0.2) is 0 Å². The van der Waals surface area contributed by atoms with E-state index in [-0.39, 0.29) is 5.41 Å². The summed E-state index contributed by atoms with van der Waals surface area (Å²) in [7, 11) is 0. The van der Waals surface area contributed by atoms with Crippen LogP contribution in [0.2, 0.25) is 0 Å². The molecule has 1 nitrogen and oxygen atoms in total. The summed E-state index contributed by atoms with van der Waals surface area (Å²) >= 11 is 1.88. The van der Waals surface area contributed by atoms with Crippen LogP contribution in [0.5, 0.6) is 0 Å². The Kier molecular flexibility index (Phi) is 8.61. The van der Waals surface area contributed by atoms with Gasteiger partial charge in [0.05, 0.1) is 5.69 Å². The van der Waals surface area contributed by atoms with Gasteiger partial charge < -0.3 is 4.90 Å². The molecule has 0 aliphatic heterocycles. The standard InChI is InChI=1S/C59H43NS/c1-2-16-41(17-3-1)45-18-4-5-19-46(45)47-20-6-7-21-48(47)50-23-9-12-26-56(50)60(44-33-35-55-53(39-44)49-22-8-11-25-54(49)59(55)36-14-15-37-59)43-31-28-40(29-32-43)42-30-34-52-51-24-10-13-27-57(51)61-58(52)38-42/h1-13,16-35,38-39H,14-15,36-37H2. The summed E-state index contributed by atoms with van der Waals surface area (Å²) in [6, 6.07) is 79.0. The molecule has 0 unspecified atom stereocenters. The summed E-state index contributed by atoms with van der Waals surface area (Å²) in [5, 5.41) is 2.66. The van der Waals surface area contributed by atoms with Crippen LogP contribution < -0.4 is 4.90 Å². The first-order valence-electron chi connectivity index (χ1n) is 21.6. The van der Waals surface area contributed by atoms with E-state index in [1.165, 1.54) is 113 Å². The minimum absolute atomic E-state index is 0.120. The van der Waals surface area contributed by atoms with E-state index >= 15 is 0 Å². The Hall–Kier alpha value is -7.00. The predicted octanol–water partition coefficient (Wildman–Crippen LogP) is 17.0. The number of thiophene rings is 1. The van der Waals surface area contributed by atoms with Crippen LogP contribution >= 0.6 is 11.3 Å². The average Bonchev–Trinajstić information content (AvgIpc) is 4.05. The highest BCUT2D eigenvalue weighted by Crippen LogP contribution is 2.58. The van der Waals surface area contributed by atoms with Crippen LogP contribution in [0.3, 0.4) is 0 Å². The lowest BCUT2D eigenvalue weighted by Crippen LogP contribution is -2.20. The molecule has 2 heteroatoms. The molecule has 290 valence electrons. The zero-order valence-corrected chi connectivity index (χ0v) is 34.7. The first-order chi connectivity index (χ1) is 30.2. The predicted molar refractivity (Wildman–Crippen MR) is 260 cm³/mol. The van der Waals surface area contributed by atoms with Gasteiger partial charge in [0, 0.05) is 42.5 Å². The van der Waals surface area contributed by atoms with Crippen LogP contribution in [0.25, 0.3) is 75.8 Å². The SMILES string of the molecule is c1ccc(-c2ccccc2-c2ccccc2-c2ccccc2N(c2ccc(-c3ccc4c(c3)sc3ccccc34)cc2)c2ccc3c(c2)-c2ccccc2C32CCCC2)cc1. The summed E-state index contributed by atoms with van der Waals surface area (Å²) in [5.74, 6) is 0. The van der Waals surface area contributed by atoms with Crippen molar-refractivity contribution < 1.29 is 0 Å². The Morgan fingerprint density at radius 3 is 1.69 bits per heavy atom. The molecule has 1 spiro atoms. The van der Waals surface area contributed by atoms with E-state index in [1.54, 1.807) is 0 Å². The molecule has 2 aliphatic rings. The van der Waals surface area contributed by atoms with Gasteiger partial charge >= 0.3 is 0 Å². The van der Waals surface area contributed by atoms with Crippen LogP contribution in [-0.2, 0) is 5.41 Å². The van der Waals surface area contributed by atoms with Crippen LogP contribution in [-0.4, -0.2) is 0 Å². The maximum atomic E-state index is 2.50. The third-order valence-electron chi connectivity index (χ3n) is 13.5. The summed E-state index contributed by atoms with van der Waals surface area (Å²) in [5.41, 5.74) is 19.1. The third kappa shape index (κ3) is 5.89. The van der Waals surface area contributed by atoms with Crippen molar-refractivity contribution in [1.29, 1.82) is 0 Å². The van der Waals surface area contributed by atoms with Gasteiger partial charge in [-0.05, 0) is 117 Å². The van der Waals surface area contributed by atoms with E-state index in [2.05, 4.69) is 217 Å². The number of benzene rings is 9. The lowest BCUT2D eigenvalue weighted by molar-refractivity contribution is 0.550. The van der Waals surface area contributed by atoms with Gasteiger partial charge in [0.15, 0.2) is 0 Å². The van der Waals surface area contributed by atoms with E-state index in [0.717, 1.165) is 17.1 Å². The molecule has 61 heavy (non-hydrogen) atoms. The number of rotatable bonds is 7. The number of nitrogens with zero attached hydrogens (tertiary/aromatic N) is 1.